The van der Waals surface area contributed by atoms with E-state index < -0.39 is 0 Å². The quantitative estimate of drug-likeness (QED) is 0.602. The Morgan fingerprint density at radius 3 is 1.78 bits per heavy atom. The van der Waals surface area contributed by atoms with Crippen LogP contribution < -0.4 is 0 Å². The first-order chi connectivity index (χ1) is 8.38. The zero-order valence-electron chi connectivity index (χ0n) is 12.6. The minimum atomic E-state index is 0.876. The minimum Gasteiger partial charge on any atom is -0.378 e. The summed E-state index contributed by atoms with van der Waals surface area (Å²) in [6.07, 6.45) is 7.58. The highest BCUT2D eigenvalue weighted by atomic mass is 15.1. The van der Waals surface area contributed by atoms with Crippen LogP contribution in [0.1, 0.15) is 20.8 Å². The lowest BCUT2D eigenvalue weighted by atomic mass is 10.1. The van der Waals surface area contributed by atoms with Gasteiger partial charge in [0.15, 0.2) is 0 Å². The van der Waals surface area contributed by atoms with Crippen LogP contribution in [-0.2, 0) is 0 Å². The third-order valence-corrected chi connectivity index (χ3v) is 2.03. The number of nitrogens with zero attached hydrogens (tertiary/aromatic N) is 1. The summed E-state index contributed by atoms with van der Waals surface area (Å²) in [5.41, 5.74) is 3.76. The zero-order chi connectivity index (χ0) is 14.7. The first-order valence-corrected chi connectivity index (χ1v) is 6.11. The summed E-state index contributed by atoms with van der Waals surface area (Å²) >= 11 is 0. The Morgan fingerprint density at radius 2 is 1.44 bits per heavy atom. The predicted molar refractivity (Wildman–Crippen MR) is 85.5 cm³/mol. The molecule has 0 aromatic carbocycles. The van der Waals surface area contributed by atoms with Gasteiger partial charge in [0.05, 0.1) is 0 Å². The van der Waals surface area contributed by atoms with Crippen LogP contribution in [0, 0.1) is 0 Å². The summed E-state index contributed by atoms with van der Waals surface area (Å²) in [5, 5.41) is 0. The topological polar surface area (TPSA) is 3.24 Å². The van der Waals surface area contributed by atoms with Crippen LogP contribution in [0.3, 0.4) is 0 Å². The second-order valence-electron chi connectivity index (χ2n) is 3.90. The smallest absolute Gasteiger partial charge is 0.0361 e. The average Bonchev–Trinajstić information content (AvgIpc) is 2.34. The van der Waals surface area contributed by atoms with Crippen LogP contribution in [0.5, 0.6) is 0 Å². The molecule has 0 aliphatic rings. The van der Waals surface area contributed by atoms with E-state index in [1.54, 1.807) is 6.08 Å². The molecule has 0 rings (SSSR count). The molecule has 1 heteroatoms. The van der Waals surface area contributed by atoms with E-state index >= 15 is 0 Å². The third-order valence-electron chi connectivity index (χ3n) is 2.03. The second kappa shape index (κ2) is 10.4. The Labute approximate surface area is 113 Å². The maximum Gasteiger partial charge on any atom is 0.0361 e. The Morgan fingerprint density at radius 1 is 0.944 bits per heavy atom. The lowest BCUT2D eigenvalue weighted by molar-refractivity contribution is 0.530. The van der Waals surface area contributed by atoms with Gasteiger partial charge in [0.1, 0.15) is 0 Å². The molecule has 0 aromatic heterocycles. The van der Waals surface area contributed by atoms with Crippen molar-refractivity contribution < 1.29 is 0 Å². The molecule has 0 amide bonds. The van der Waals surface area contributed by atoms with Gasteiger partial charge in [0.25, 0.3) is 0 Å². The molecule has 100 valence electrons. The van der Waals surface area contributed by atoms with Gasteiger partial charge in [-0.3, -0.25) is 0 Å². The van der Waals surface area contributed by atoms with Gasteiger partial charge in [-0.05, 0) is 30.2 Å². The van der Waals surface area contributed by atoms with E-state index in [9.17, 15) is 0 Å². The molecule has 0 aliphatic carbocycles. The summed E-state index contributed by atoms with van der Waals surface area (Å²) < 4.78 is 0. The minimum absolute atomic E-state index is 0.876. The molecule has 0 N–H and O–H groups in total. The highest BCUT2D eigenvalue weighted by Gasteiger charge is 1.97. The largest absolute Gasteiger partial charge is 0.378 e. The molecule has 0 unspecified atom stereocenters. The van der Waals surface area contributed by atoms with E-state index in [-0.39, 0.29) is 0 Å². The summed E-state index contributed by atoms with van der Waals surface area (Å²) in [7, 11) is 3.93. The molecule has 0 atom stereocenters. The fourth-order valence-electron chi connectivity index (χ4n) is 0.992. The highest BCUT2D eigenvalue weighted by molar-refractivity contribution is 5.46. The molecular formula is C17H27N. The monoisotopic (exact) mass is 245 g/mol. The molecule has 0 radical (unpaired) electrons. The molecule has 0 bridgehead atoms. The van der Waals surface area contributed by atoms with Crippen molar-refractivity contribution in [2.24, 2.45) is 0 Å². The third kappa shape index (κ3) is 8.40. The summed E-state index contributed by atoms with van der Waals surface area (Å²) in [4.78, 5) is 1.98. The SMILES string of the molecule is C=C/C(=C\C(=C)C(=C)/C=C\C(=C)C)N(C)C.CC. The van der Waals surface area contributed by atoms with Gasteiger partial charge < -0.3 is 4.90 Å². The maximum absolute atomic E-state index is 3.97. The normalized spacial score (nSPS) is 10.4. The van der Waals surface area contributed by atoms with Gasteiger partial charge >= 0.3 is 0 Å². The van der Waals surface area contributed by atoms with Crippen LogP contribution in [-0.4, -0.2) is 19.0 Å². The van der Waals surface area contributed by atoms with Crippen LogP contribution in [0.4, 0.5) is 0 Å². The molecule has 0 fully saturated rings. The summed E-state index contributed by atoms with van der Waals surface area (Å²) in [6.45, 7) is 21.4. The standard InChI is InChI=1S/C15H21N.C2H6/c1-8-15(16(6)7)11-14(5)13(4)10-9-12(2)3;1-2/h8-11H,1-2,4-5H2,3,6-7H3;1-2H3/b10-9-,15-11+;. The summed E-state index contributed by atoms with van der Waals surface area (Å²) in [5.74, 6) is 0. The van der Waals surface area contributed by atoms with E-state index in [2.05, 4.69) is 26.3 Å². The number of hydrogen-bond donors (Lipinski definition) is 0. The number of allylic oxidation sites excluding steroid dienone is 7. The Bertz CT molecular complexity index is 365. The van der Waals surface area contributed by atoms with Crippen molar-refractivity contribution in [1.82, 2.24) is 4.90 Å². The van der Waals surface area contributed by atoms with Gasteiger partial charge in [0.2, 0.25) is 0 Å². The molecule has 0 heterocycles. The maximum atomic E-state index is 3.97. The average molecular weight is 245 g/mol. The molecule has 18 heavy (non-hydrogen) atoms. The second-order valence-corrected chi connectivity index (χ2v) is 3.90. The lowest BCUT2D eigenvalue weighted by Crippen LogP contribution is -2.09. The number of rotatable bonds is 6. The molecule has 0 saturated carbocycles. The fourth-order valence-corrected chi connectivity index (χ4v) is 0.992. The Kier molecular flexibility index (Phi) is 10.7. The van der Waals surface area contributed by atoms with E-state index in [0.29, 0.717) is 0 Å². The fraction of sp³-hybridized carbons (Fsp3) is 0.294. The van der Waals surface area contributed by atoms with Gasteiger partial charge in [-0.1, -0.05) is 57.9 Å². The molecule has 1 nitrogen and oxygen atoms in total. The number of likely N-dealkylation sites (N-methyl/N-ethyl adjacent to an activating group) is 1. The van der Waals surface area contributed by atoms with Crippen LogP contribution >= 0.6 is 0 Å². The first kappa shape index (κ1) is 18.6. The van der Waals surface area contributed by atoms with E-state index in [0.717, 1.165) is 22.4 Å². The van der Waals surface area contributed by atoms with Crippen molar-refractivity contribution in [2.45, 2.75) is 20.8 Å². The van der Waals surface area contributed by atoms with E-state index in [1.165, 1.54) is 0 Å². The predicted octanol–water partition coefficient (Wildman–Crippen LogP) is 4.89. The van der Waals surface area contributed by atoms with E-state index in [1.807, 2.05) is 58.0 Å². The van der Waals surface area contributed by atoms with Crippen molar-refractivity contribution in [3.05, 3.63) is 73.0 Å². The van der Waals surface area contributed by atoms with Crippen molar-refractivity contribution in [2.75, 3.05) is 14.1 Å². The van der Waals surface area contributed by atoms with Gasteiger partial charge in [-0.2, -0.15) is 0 Å². The lowest BCUT2D eigenvalue weighted by Gasteiger charge is -2.14. The van der Waals surface area contributed by atoms with Gasteiger partial charge in [-0.15, -0.1) is 0 Å². The van der Waals surface area contributed by atoms with Crippen molar-refractivity contribution in [1.29, 1.82) is 0 Å². The molecule has 0 spiro atoms. The van der Waals surface area contributed by atoms with Crippen molar-refractivity contribution in [3.8, 4) is 0 Å². The van der Waals surface area contributed by atoms with Crippen LogP contribution in [0.15, 0.2) is 73.0 Å². The van der Waals surface area contributed by atoms with E-state index in [4.69, 9.17) is 0 Å². The Hall–Kier alpha value is -1.76. The van der Waals surface area contributed by atoms with Crippen LogP contribution in [0.25, 0.3) is 0 Å². The Balaban J connectivity index is 0. The molecule has 0 aromatic rings. The van der Waals surface area contributed by atoms with Crippen molar-refractivity contribution >= 4 is 0 Å². The first-order valence-electron chi connectivity index (χ1n) is 6.11. The molecular weight excluding hydrogens is 218 g/mol. The van der Waals surface area contributed by atoms with Gasteiger partial charge in [0, 0.05) is 19.8 Å². The summed E-state index contributed by atoms with van der Waals surface area (Å²) in [6, 6.07) is 0. The highest BCUT2D eigenvalue weighted by Crippen LogP contribution is 2.13. The molecule has 0 aliphatic heterocycles. The van der Waals surface area contributed by atoms with Crippen molar-refractivity contribution in [3.63, 3.8) is 0 Å². The van der Waals surface area contributed by atoms with Crippen LogP contribution in [0.2, 0.25) is 0 Å². The zero-order valence-corrected chi connectivity index (χ0v) is 12.6. The van der Waals surface area contributed by atoms with Gasteiger partial charge in [-0.25, -0.2) is 0 Å². The number of hydrogen-bond acceptors (Lipinski definition) is 1. The molecule has 0 saturated heterocycles.